The summed E-state index contributed by atoms with van der Waals surface area (Å²) in [5.74, 6) is 0.467. The maximum absolute atomic E-state index is 13.5. The lowest BCUT2D eigenvalue weighted by atomic mass is 9.97. The molecule has 1 aliphatic heterocycles. The van der Waals surface area contributed by atoms with Crippen LogP contribution in [-0.2, 0) is 21.2 Å². The largest absolute Gasteiger partial charge is 0.339 e. The molecule has 0 bridgehead atoms. The van der Waals surface area contributed by atoms with E-state index in [2.05, 4.69) is 20.4 Å². The number of piperidine rings is 1. The highest BCUT2D eigenvalue weighted by Crippen LogP contribution is 2.31. The molecule has 9 nitrogen and oxygen atoms in total. The summed E-state index contributed by atoms with van der Waals surface area (Å²) in [5.41, 5.74) is 3.22. The summed E-state index contributed by atoms with van der Waals surface area (Å²) in [6.45, 7) is 6.23. The molecule has 2 aromatic heterocycles. The topological polar surface area (TPSA) is 118 Å². The third kappa shape index (κ3) is 4.78. The molecule has 11 heteroatoms. The Bertz CT molecular complexity index is 1540. The van der Waals surface area contributed by atoms with E-state index in [-0.39, 0.29) is 29.8 Å². The Morgan fingerprint density at radius 3 is 2.64 bits per heavy atom. The van der Waals surface area contributed by atoms with Gasteiger partial charge in [-0.1, -0.05) is 41.6 Å². The van der Waals surface area contributed by atoms with Crippen LogP contribution in [-0.4, -0.2) is 46.8 Å². The number of rotatable bonds is 6. The first-order valence-electron chi connectivity index (χ1n) is 11.9. The van der Waals surface area contributed by atoms with E-state index in [0.29, 0.717) is 47.2 Å². The molecule has 1 fully saturated rings. The first-order valence-corrected chi connectivity index (χ1v) is 14.1. The summed E-state index contributed by atoms with van der Waals surface area (Å²) in [6.07, 6.45) is 1.49. The van der Waals surface area contributed by atoms with Gasteiger partial charge in [0.15, 0.2) is 5.13 Å². The normalized spacial score (nSPS) is 15.4. The zero-order chi connectivity index (χ0) is 25.4. The number of carbonyl (C=O) groups is 1. The van der Waals surface area contributed by atoms with E-state index in [0.717, 1.165) is 15.8 Å². The predicted octanol–water partition coefficient (Wildman–Crippen LogP) is 4.56. The number of anilines is 1. The summed E-state index contributed by atoms with van der Waals surface area (Å²) >= 11 is 1.44. The lowest BCUT2D eigenvalue weighted by Gasteiger charge is -2.30. The van der Waals surface area contributed by atoms with Crippen molar-refractivity contribution < 1.29 is 17.7 Å². The zero-order valence-electron chi connectivity index (χ0n) is 20.3. The van der Waals surface area contributed by atoms with Crippen molar-refractivity contribution in [2.75, 3.05) is 18.4 Å². The van der Waals surface area contributed by atoms with Crippen LogP contribution in [0.4, 0.5) is 5.13 Å². The fourth-order valence-corrected chi connectivity index (χ4v) is 7.01. The number of fused-ring (bicyclic) bond motifs is 1. The predicted molar refractivity (Wildman–Crippen MR) is 138 cm³/mol. The van der Waals surface area contributed by atoms with Crippen LogP contribution >= 0.6 is 11.3 Å². The van der Waals surface area contributed by atoms with Gasteiger partial charge in [0.2, 0.25) is 27.6 Å². The van der Waals surface area contributed by atoms with Gasteiger partial charge in [-0.05, 0) is 56.0 Å². The van der Waals surface area contributed by atoms with Gasteiger partial charge in [0, 0.05) is 31.0 Å². The Hall–Kier alpha value is -3.15. The molecule has 0 atom stereocenters. The molecule has 0 spiro atoms. The number of benzene rings is 2. The third-order valence-corrected chi connectivity index (χ3v) is 9.41. The third-order valence-electron chi connectivity index (χ3n) is 6.43. The molecular weight excluding hydrogens is 498 g/mol. The number of nitrogens with zero attached hydrogens (tertiary/aromatic N) is 4. The molecule has 1 N–H and O–H groups in total. The quantitative estimate of drug-likeness (QED) is 0.392. The van der Waals surface area contributed by atoms with E-state index in [4.69, 9.17) is 4.52 Å². The average molecular weight is 526 g/mol. The Balaban J connectivity index is 1.27. The Morgan fingerprint density at radius 1 is 1.14 bits per heavy atom. The number of hydrogen-bond donors (Lipinski definition) is 1. The standard InChI is InChI=1S/C25H27N5O4S2/c1-4-22-27-23(29-34-22)18-7-6-16(3)21(14-18)36(32,33)30-11-9-17(10-12-30)24(31)28-25-26-19-8-5-15(2)13-20(19)35-25/h5-8,13-14,17H,4,9-12H2,1-3H3,(H,26,28,31). The molecule has 1 aliphatic rings. The van der Waals surface area contributed by atoms with Gasteiger partial charge >= 0.3 is 0 Å². The van der Waals surface area contributed by atoms with Crippen molar-refractivity contribution in [1.82, 2.24) is 19.4 Å². The van der Waals surface area contributed by atoms with Crippen LogP contribution in [0.15, 0.2) is 45.8 Å². The van der Waals surface area contributed by atoms with Crippen LogP contribution in [0.1, 0.15) is 36.8 Å². The highest BCUT2D eigenvalue weighted by Gasteiger charge is 2.33. The van der Waals surface area contributed by atoms with E-state index in [1.807, 2.05) is 32.0 Å². The number of carbonyl (C=O) groups excluding carboxylic acids is 1. The lowest BCUT2D eigenvalue weighted by molar-refractivity contribution is -0.120. The minimum absolute atomic E-state index is 0.121. The number of sulfonamides is 1. The molecule has 1 amide bonds. The maximum atomic E-state index is 13.5. The van der Waals surface area contributed by atoms with Gasteiger partial charge in [-0.3, -0.25) is 4.79 Å². The Morgan fingerprint density at radius 2 is 1.92 bits per heavy atom. The Kier molecular flexibility index (Phi) is 6.62. The van der Waals surface area contributed by atoms with Crippen molar-refractivity contribution in [3.63, 3.8) is 0 Å². The lowest BCUT2D eigenvalue weighted by Crippen LogP contribution is -2.41. The summed E-state index contributed by atoms with van der Waals surface area (Å²) in [6, 6.07) is 11.1. The highest BCUT2D eigenvalue weighted by molar-refractivity contribution is 7.89. The number of hydrogen-bond acceptors (Lipinski definition) is 8. The summed E-state index contributed by atoms with van der Waals surface area (Å²) in [5, 5.41) is 7.45. The van der Waals surface area contributed by atoms with Crippen molar-refractivity contribution >= 4 is 42.6 Å². The molecule has 4 aromatic rings. The monoisotopic (exact) mass is 525 g/mol. The van der Waals surface area contributed by atoms with Gasteiger partial charge in [0.1, 0.15) is 0 Å². The summed E-state index contributed by atoms with van der Waals surface area (Å²) in [7, 11) is -3.75. The van der Waals surface area contributed by atoms with Crippen molar-refractivity contribution in [2.24, 2.45) is 5.92 Å². The fourth-order valence-electron chi connectivity index (χ4n) is 4.32. The Labute approximate surface area is 213 Å². The van der Waals surface area contributed by atoms with E-state index in [1.54, 1.807) is 25.1 Å². The molecule has 0 unspecified atom stereocenters. The number of aromatic nitrogens is 3. The number of amides is 1. The van der Waals surface area contributed by atoms with Crippen LogP contribution in [0.25, 0.3) is 21.6 Å². The van der Waals surface area contributed by atoms with Crippen LogP contribution < -0.4 is 5.32 Å². The number of nitrogens with one attached hydrogen (secondary N) is 1. The zero-order valence-corrected chi connectivity index (χ0v) is 21.9. The second-order valence-electron chi connectivity index (χ2n) is 9.00. The summed E-state index contributed by atoms with van der Waals surface area (Å²) < 4.78 is 34.7. The molecule has 5 rings (SSSR count). The van der Waals surface area contributed by atoms with E-state index >= 15 is 0 Å². The van der Waals surface area contributed by atoms with Crippen LogP contribution in [0.2, 0.25) is 0 Å². The minimum Gasteiger partial charge on any atom is -0.339 e. The maximum Gasteiger partial charge on any atom is 0.243 e. The number of thiazole rings is 1. The van der Waals surface area contributed by atoms with Crippen molar-refractivity contribution in [2.45, 2.75) is 44.9 Å². The van der Waals surface area contributed by atoms with Crippen LogP contribution in [0.5, 0.6) is 0 Å². The van der Waals surface area contributed by atoms with Gasteiger partial charge < -0.3 is 9.84 Å². The van der Waals surface area contributed by atoms with Crippen molar-refractivity contribution in [1.29, 1.82) is 0 Å². The molecule has 3 heterocycles. The van der Waals surface area contributed by atoms with Gasteiger partial charge in [-0.2, -0.15) is 9.29 Å². The van der Waals surface area contributed by atoms with Gasteiger partial charge in [0.25, 0.3) is 0 Å². The highest BCUT2D eigenvalue weighted by atomic mass is 32.2. The SMILES string of the molecule is CCc1nc(-c2ccc(C)c(S(=O)(=O)N3CCC(C(=O)Nc4nc5ccc(C)cc5s4)CC3)c2)no1. The van der Waals surface area contributed by atoms with Gasteiger partial charge in [-0.25, -0.2) is 13.4 Å². The molecule has 188 valence electrons. The van der Waals surface area contributed by atoms with E-state index in [1.165, 1.54) is 15.6 Å². The number of aryl methyl sites for hydroxylation is 3. The van der Waals surface area contributed by atoms with Gasteiger partial charge in [0.05, 0.1) is 15.1 Å². The molecular formula is C25H27N5O4S2. The molecule has 0 radical (unpaired) electrons. The van der Waals surface area contributed by atoms with E-state index in [9.17, 15) is 13.2 Å². The molecule has 0 saturated carbocycles. The van der Waals surface area contributed by atoms with E-state index < -0.39 is 10.0 Å². The van der Waals surface area contributed by atoms with Crippen molar-refractivity contribution in [3.05, 3.63) is 53.4 Å². The van der Waals surface area contributed by atoms with Gasteiger partial charge in [-0.15, -0.1) is 0 Å². The molecule has 1 saturated heterocycles. The van der Waals surface area contributed by atoms with Crippen LogP contribution in [0, 0.1) is 19.8 Å². The minimum atomic E-state index is -3.75. The second-order valence-corrected chi connectivity index (χ2v) is 11.9. The first kappa shape index (κ1) is 24.5. The molecule has 2 aromatic carbocycles. The van der Waals surface area contributed by atoms with Crippen LogP contribution in [0.3, 0.4) is 0 Å². The molecule has 0 aliphatic carbocycles. The summed E-state index contributed by atoms with van der Waals surface area (Å²) in [4.78, 5) is 21.9. The smallest absolute Gasteiger partial charge is 0.243 e. The van der Waals surface area contributed by atoms with Crippen molar-refractivity contribution in [3.8, 4) is 11.4 Å². The first-order chi connectivity index (χ1) is 17.2. The second kappa shape index (κ2) is 9.72. The fraction of sp³-hybridized carbons (Fsp3) is 0.360. The molecule has 36 heavy (non-hydrogen) atoms. The average Bonchev–Trinajstić information content (AvgIpc) is 3.50.